The summed E-state index contributed by atoms with van der Waals surface area (Å²) < 4.78 is 7.16. The lowest BCUT2D eigenvalue weighted by atomic mass is 10.1. The fourth-order valence-electron chi connectivity index (χ4n) is 4.00. The van der Waals surface area contributed by atoms with Crippen LogP contribution >= 0.6 is 34.8 Å². The maximum Gasteiger partial charge on any atom is 0.251 e. The first-order valence-corrected chi connectivity index (χ1v) is 12.2. The lowest BCUT2D eigenvalue weighted by molar-refractivity contribution is -0.137. The molecule has 0 saturated carbocycles. The number of aromatic nitrogens is 5. The van der Waals surface area contributed by atoms with Crippen LogP contribution in [0.2, 0.25) is 15.1 Å². The fourth-order valence-corrected chi connectivity index (χ4v) is 4.55. The van der Waals surface area contributed by atoms with Gasteiger partial charge in [-0.2, -0.15) is 0 Å². The lowest BCUT2D eigenvalue weighted by Gasteiger charge is -2.17. The number of halogens is 3. The Morgan fingerprint density at radius 2 is 1.92 bits per heavy atom. The van der Waals surface area contributed by atoms with Crippen molar-refractivity contribution in [2.75, 3.05) is 12.4 Å². The molecule has 1 fully saturated rings. The van der Waals surface area contributed by atoms with E-state index < -0.39 is 30.4 Å². The first-order valence-electron chi connectivity index (χ1n) is 11.0. The van der Waals surface area contributed by atoms with Gasteiger partial charge in [0.2, 0.25) is 0 Å². The molecule has 5 rings (SSSR count). The average Bonchev–Trinajstić information content (AvgIpc) is 3.44. The molecular weight excluding hydrogens is 545 g/mol. The van der Waals surface area contributed by atoms with Gasteiger partial charge in [0.25, 0.3) is 5.91 Å². The predicted molar refractivity (Wildman–Crippen MR) is 137 cm³/mol. The second kappa shape index (κ2) is 10.4. The predicted octanol–water partition coefficient (Wildman–Crippen LogP) is 2.83. The van der Waals surface area contributed by atoms with E-state index in [-0.39, 0.29) is 18.0 Å². The molecular formula is C23H20Cl3N7O4. The Labute approximate surface area is 225 Å². The molecule has 0 unspecified atom stereocenters. The van der Waals surface area contributed by atoms with E-state index in [1.807, 2.05) is 0 Å². The Morgan fingerprint density at radius 3 is 2.68 bits per heavy atom. The number of aliphatic hydroxyl groups excluding tert-OH is 2. The number of anilines is 1. The van der Waals surface area contributed by atoms with Crippen molar-refractivity contribution in [3.8, 4) is 11.4 Å². The molecule has 4 atom stereocenters. The number of amides is 1. The number of fused-ring (bicyclic) bond motifs is 1. The monoisotopic (exact) mass is 563 g/mol. The van der Waals surface area contributed by atoms with Crippen LogP contribution in [-0.2, 0) is 16.1 Å². The van der Waals surface area contributed by atoms with Gasteiger partial charge in [-0.3, -0.25) is 14.3 Å². The average molecular weight is 565 g/mol. The zero-order chi connectivity index (χ0) is 26.3. The van der Waals surface area contributed by atoms with Crippen LogP contribution in [0.25, 0.3) is 22.6 Å². The van der Waals surface area contributed by atoms with Gasteiger partial charge in [0.1, 0.15) is 12.2 Å². The van der Waals surface area contributed by atoms with Crippen LogP contribution in [0.5, 0.6) is 0 Å². The van der Waals surface area contributed by atoms with Gasteiger partial charge >= 0.3 is 0 Å². The standard InChI is InChI=1S/C23H20Cl3N7O4/c1-27-22(36)18-16(34)17(35)23(37-18)33-9-30-15-20(29-7-10-4-12(24)2-3-14(10)26)31-19(32-21(15)33)11-5-13(25)8-28-6-11/h2-6,8-9,16-18,23,34-35H,7H2,1H3,(H,27,36)(H,29,31,32)/t16-,17+,18-,23+/m0/s1. The number of likely N-dealkylation sites (N-methyl/N-ethyl adjacent to an activating group) is 1. The summed E-state index contributed by atoms with van der Waals surface area (Å²) in [4.78, 5) is 29.9. The lowest BCUT2D eigenvalue weighted by Crippen LogP contribution is -2.41. The Kier molecular flexibility index (Phi) is 7.17. The molecule has 4 N–H and O–H groups in total. The van der Waals surface area contributed by atoms with Gasteiger partial charge in [0, 0.05) is 41.6 Å². The topological polar surface area (TPSA) is 147 Å². The molecule has 1 amide bonds. The molecule has 0 bridgehead atoms. The van der Waals surface area contributed by atoms with E-state index in [0.29, 0.717) is 32.0 Å². The number of ether oxygens (including phenoxy) is 1. The van der Waals surface area contributed by atoms with Crippen LogP contribution in [0.1, 0.15) is 11.8 Å². The summed E-state index contributed by atoms with van der Waals surface area (Å²) in [5, 5.41) is 28.2. The van der Waals surface area contributed by atoms with Crippen LogP contribution in [0.4, 0.5) is 5.82 Å². The summed E-state index contributed by atoms with van der Waals surface area (Å²) in [5.41, 5.74) is 1.89. The number of carbonyl (C=O) groups excluding carboxylic acids is 1. The molecule has 4 heterocycles. The quantitative estimate of drug-likeness (QED) is 0.277. The van der Waals surface area contributed by atoms with Gasteiger partial charge in [-0.15, -0.1) is 0 Å². The molecule has 14 heteroatoms. The minimum atomic E-state index is -1.46. The third-order valence-corrected chi connectivity index (χ3v) is 6.67. The Bertz CT molecular complexity index is 1480. The molecule has 0 aliphatic carbocycles. The SMILES string of the molecule is CNC(=O)[C@H]1O[C@@H](n2cnc3c(NCc4cc(Cl)ccc4Cl)nc(-c4cncc(Cl)c4)nc32)[C@H](O)[C@@H]1O. The van der Waals surface area contributed by atoms with Crippen molar-refractivity contribution in [2.45, 2.75) is 31.1 Å². The van der Waals surface area contributed by atoms with Crippen LogP contribution in [0.3, 0.4) is 0 Å². The summed E-state index contributed by atoms with van der Waals surface area (Å²) in [6, 6.07) is 6.77. The van der Waals surface area contributed by atoms with E-state index in [1.165, 1.54) is 24.1 Å². The molecule has 11 nitrogen and oxygen atoms in total. The molecule has 1 aliphatic heterocycles. The van der Waals surface area contributed by atoms with Crippen molar-refractivity contribution in [1.29, 1.82) is 0 Å². The van der Waals surface area contributed by atoms with E-state index in [1.54, 1.807) is 30.5 Å². The molecule has 0 spiro atoms. The highest BCUT2D eigenvalue weighted by atomic mass is 35.5. The largest absolute Gasteiger partial charge is 0.387 e. The highest BCUT2D eigenvalue weighted by molar-refractivity contribution is 6.33. The van der Waals surface area contributed by atoms with Crippen molar-refractivity contribution in [3.63, 3.8) is 0 Å². The molecule has 4 aromatic rings. The van der Waals surface area contributed by atoms with Gasteiger partial charge in [-0.25, -0.2) is 15.0 Å². The van der Waals surface area contributed by atoms with Crippen LogP contribution < -0.4 is 10.6 Å². The Hall–Kier alpha value is -3.06. The smallest absolute Gasteiger partial charge is 0.251 e. The number of hydrogen-bond acceptors (Lipinski definition) is 9. The zero-order valence-corrected chi connectivity index (χ0v) is 21.4. The van der Waals surface area contributed by atoms with Crippen molar-refractivity contribution in [3.05, 3.63) is 63.6 Å². The minimum absolute atomic E-state index is 0.264. The van der Waals surface area contributed by atoms with Crippen molar-refractivity contribution in [1.82, 2.24) is 29.8 Å². The summed E-state index contributed by atoms with van der Waals surface area (Å²) in [6.45, 7) is 0.269. The van der Waals surface area contributed by atoms with Gasteiger partial charge in [-0.1, -0.05) is 34.8 Å². The van der Waals surface area contributed by atoms with Crippen LogP contribution in [0.15, 0.2) is 43.0 Å². The maximum absolute atomic E-state index is 12.1. The summed E-state index contributed by atoms with van der Waals surface area (Å²) in [6.07, 6.45) is -0.865. The number of pyridine rings is 1. The molecule has 0 radical (unpaired) electrons. The molecule has 3 aromatic heterocycles. The van der Waals surface area contributed by atoms with E-state index in [9.17, 15) is 15.0 Å². The number of benzene rings is 1. The van der Waals surface area contributed by atoms with E-state index in [4.69, 9.17) is 39.5 Å². The van der Waals surface area contributed by atoms with Crippen molar-refractivity contribution >= 4 is 57.7 Å². The summed E-state index contributed by atoms with van der Waals surface area (Å²) in [5.74, 6) is 0.0463. The third kappa shape index (κ3) is 4.93. The van der Waals surface area contributed by atoms with Crippen molar-refractivity contribution < 1.29 is 19.7 Å². The highest BCUT2D eigenvalue weighted by Crippen LogP contribution is 2.34. The summed E-state index contributed by atoms with van der Waals surface area (Å²) in [7, 11) is 1.41. The number of nitrogens with zero attached hydrogens (tertiary/aromatic N) is 5. The second-order valence-electron chi connectivity index (χ2n) is 8.24. The van der Waals surface area contributed by atoms with E-state index in [0.717, 1.165) is 5.56 Å². The molecule has 1 saturated heterocycles. The number of nitrogens with one attached hydrogen (secondary N) is 2. The number of hydrogen-bond donors (Lipinski definition) is 4. The van der Waals surface area contributed by atoms with Crippen molar-refractivity contribution in [2.24, 2.45) is 0 Å². The number of imidazole rings is 1. The number of carbonyl (C=O) groups is 1. The third-order valence-electron chi connectivity index (χ3n) is 5.86. The number of aliphatic hydroxyl groups is 2. The maximum atomic E-state index is 12.1. The van der Waals surface area contributed by atoms with Gasteiger partial charge in [-0.05, 0) is 29.8 Å². The van der Waals surface area contributed by atoms with Crippen LogP contribution in [-0.4, -0.2) is 66.0 Å². The molecule has 1 aromatic carbocycles. The van der Waals surface area contributed by atoms with Gasteiger partial charge in [0.05, 0.1) is 11.3 Å². The normalized spacial score (nSPS) is 21.4. The zero-order valence-electron chi connectivity index (χ0n) is 19.1. The summed E-state index contributed by atoms with van der Waals surface area (Å²) >= 11 is 18.6. The first kappa shape index (κ1) is 25.6. The van der Waals surface area contributed by atoms with Gasteiger partial charge < -0.3 is 25.6 Å². The van der Waals surface area contributed by atoms with E-state index >= 15 is 0 Å². The minimum Gasteiger partial charge on any atom is -0.387 e. The van der Waals surface area contributed by atoms with Gasteiger partial charge in [0.15, 0.2) is 35.1 Å². The second-order valence-corrected chi connectivity index (χ2v) is 9.52. The highest BCUT2D eigenvalue weighted by Gasteiger charge is 2.47. The number of rotatable bonds is 6. The Morgan fingerprint density at radius 1 is 1.11 bits per heavy atom. The van der Waals surface area contributed by atoms with Crippen LogP contribution in [0, 0.1) is 0 Å². The molecule has 192 valence electrons. The Balaban J connectivity index is 1.59. The van der Waals surface area contributed by atoms with E-state index in [2.05, 4.69) is 30.6 Å². The fraction of sp³-hybridized carbons (Fsp3) is 0.261. The first-order chi connectivity index (χ1) is 17.8. The molecule has 37 heavy (non-hydrogen) atoms. The molecule has 1 aliphatic rings.